The molecule has 0 spiro atoms. The van der Waals surface area contributed by atoms with Crippen molar-refractivity contribution >= 4 is 17.7 Å². The molecule has 0 saturated heterocycles. The number of aromatic carboxylic acids is 1. The minimum atomic E-state index is -1.25. The van der Waals surface area contributed by atoms with Gasteiger partial charge in [-0.25, -0.2) is 9.18 Å². The maximum Gasteiger partial charge on any atom is 0.338 e. The number of carbonyl (C=O) groups is 1. The van der Waals surface area contributed by atoms with E-state index >= 15 is 0 Å². The Hall–Kier alpha value is -1.11. The van der Waals surface area contributed by atoms with Crippen molar-refractivity contribution in [3.63, 3.8) is 0 Å². The first-order valence-electron chi connectivity index (χ1n) is 5.87. The average Bonchev–Trinajstić information content (AvgIpc) is 2.39. The molecule has 1 N–H and O–H groups in total. The molecular formula is C13H17FO4S. The van der Waals surface area contributed by atoms with E-state index in [1.54, 1.807) is 13.2 Å². The molecule has 0 fully saturated rings. The van der Waals surface area contributed by atoms with E-state index in [9.17, 15) is 9.18 Å². The van der Waals surface area contributed by atoms with Crippen molar-refractivity contribution in [2.45, 2.75) is 11.3 Å². The highest BCUT2D eigenvalue weighted by molar-refractivity contribution is 7.99. The van der Waals surface area contributed by atoms with Crippen LogP contribution < -0.4 is 0 Å². The van der Waals surface area contributed by atoms with E-state index in [4.69, 9.17) is 14.6 Å². The first-order chi connectivity index (χ1) is 9.15. The smallest absolute Gasteiger partial charge is 0.338 e. The van der Waals surface area contributed by atoms with Crippen LogP contribution in [0.4, 0.5) is 4.39 Å². The molecule has 0 bridgehead atoms. The summed E-state index contributed by atoms with van der Waals surface area (Å²) in [7, 11) is 1.64. The van der Waals surface area contributed by atoms with Gasteiger partial charge in [-0.1, -0.05) is 0 Å². The Labute approximate surface area is 115 Å². The fourth-order valence-corrected chi connectivity index (χ4v) is 2.19. The predicted octanol–water partition coefficient (Wildman–Crippen LogP) is 2.67. The Morgan fingerprint density at radius 1 is 1.37 bits per heavy atom. The molecule has 0 atom stereocenters. The van der Waals surface area contributed by atoms with Crippen molar-refractivity contribution in [2.24, 2.45) is 0 Å². The molecule has 6 heteroatoms. The van der Waals surface area contributed by atoms with Crippen LogP contribution in [-0.2, 0) is 9.47 Å². The van der Waals surface area contributed by atoms with Crippen LogP contribution >= 0.6 is 11.8 Å². The van der Waals surface area contributed by atoms with Gasteiger partial charge in [0, 0.05) is 31.0 Å². The van der Waals surface area contributed by atoms with Gasteiger partial charge in [0.15, 0.2) is 0 Å². The van der Waals surface area contributed by atoms with Gasteiger partial charge in [0.2, 0.25) is 0 Å². The van der Waals surface area contributed by atoms with Crippen molar-refractivity contribution < 1.29 is 23.8 Å². The maximum absolute atomic E-state index is 13.2. The minimum absolute atomic E-state index is 0.300. The maximum atomic E-state index is 13.2. The highest BCUT2D eigenvalue weighted by atomic mass is 32.2. The lowest BCUT2D eigenvalue weighted by molar-refractivity contribution is 0.0691. The molecule has 0 aliphatic heterocycles. The molecule has 0 amide bonds. The lowest BCUT2D eigenvalue weighted by atomic mass is 10.2. The molecule has 106 valence electrons. The lowest BCUT2D eigenvalue weighted by Gasteiger charge is -2.05. The van der Waals surface area contributed by atoms with Gasteiger partial charge in [-0.2, -0.15) is 0 Å². The van der Waals surface area contributed by atoms with E-state index in [-0.39, 0.29) is 5.56 Å². The highest BCUT2D eigenvalue weighted by Gasteiger charge is 2.10. The van der Waals surface area contributed by atoms with Gasteiger partial charge in [0.1, 0.15) is 5.82 Å². The third-order valence-electron chi connectivity index (χ3n) is 2.30. The van der Waals surface area contributed by atoms with Crippen LogP contribution in [0.5, 0.6) is 0 Å². The van der Waals surface area contributed by atoms with E-state index in [2.05, 4.69) is 0 Å². The summed E-state index contributed by atoms with van der Waals surface area (Å²) >= 11 is 1.44. The van der Waals surface area contributed by atoms with E-state index in [1.165, 1.54) is 23.9 Å². The Morgan fingerprint density at radius 3 is 2.84 bits per heavy atom. The summed E-state index contributed by atoms with van der Waals surface area (Å²) in [5, 5.41) is 8.80. The molecule has 0 aromatic heterocycles. The largest absolute Gasteiger partial charge is 0.478 e. The van der Waals surface area contributed by atoms with Gasteiger partial charge < -0.3 is 14.6 Å². The molecule has 0 saturated carbocycles. The number of benzene rings is 1. The van der Waals surface area contributed by atoms with E-state index < -0.39 is 11.8 Å². The van der Waals surface area contributed by atoms with E-state index in [0.29, 0.717) is 25.6 Å². The summed E-state index contributed by atoms with van der Waals surface area (Å²) in [6.07, 6.45) is 0.848. The number of rotatable bonds is 9. The Balaban J connectivity index is 2.30. The normalized spacial score (nSPS) is 10.6. The summed E-state index contributed by atoms with van der Waals surface area (Å²) in [6, 6.07) is 4.08. The molecule has 4 nitrogen and oxygen atoms in total. The molecule has 1 aromatic carbocycles. The van der Waals surface area contributed by atoms with Crippen LogP contribution in [0.2, 0.25) is 0 Å². The van der Waals surface area contributed by atoms with Crippen LogP contribution in [0.1, 0.15) is 16.8 Å². The first-order valence-corrected chi connectivity index (χ1v) is 6.86. The zero-order valence-corrected chi connectivity index (χ0v) is 11.5. The molecule has 0 unspecified atom stereocenters. The van der Waals surface area contributed by atoms with Crippen molar-refractivity contribution in [3.05, 3.63) is 29.6 Å². The van der Waals surface area contributed by atoms with Gasteiger partial charge in [-0.05, 0) is 24.6 Å². The van der Waals surface area contributed by atoms with Crippen molar-refractivity contribution in [3.8, 4) is 0 Å². The molecule has 0 aliphatic rings. The number of thioether (sulfide) groups is 1. The first kappa shape index (κ1) is 15.9. The number of carboxylic acid groups (broad SMARTS) is 1. The van der Waals surface area contributed by atoms with Crippen LogP contribution in [0.25, 0.3) is 0 Å². The minimum Gasteiger partial charge on any atom is -0.478 e. The molecule has 1 rings (SSSR count). The molecule has 0 heterocycles. The molecular weight excluding hydrogens is 271 g/mol. The van der Waals surface area contributed by atoms with Crippen LogP contribution in [0.15, 0.2) is 23.1 Å². The van der Waals surface area contributed by atoms with Crippen LogP contribution in [0, 0.1) is 5.82 Å². The average molecular weight is 288 g/mol. The molecule has 0 aliphatic carbocycles. The predicted molar refractivity (Wildman–Crippen MR) is 71.4 cm³/mol. The van der Waals surface area contributed by atoms with Crippen LogP contribution in [0.3, 0.4) is 0 Å². The number of methoxy groups -OCH3 is 1. The number of hydrogen-bond acceptors (Lipinski definition) is 4. The second-order valence-electron chi connectivity index (χ2n) is 3.75. The standard InChI is InChI=1S/C13H17FO4S/c1-17-5-2-6-18-7-8-19-10-3-4-12(14)11(9-10)13(15)16/h3-4,9H,2,5-8H2,1H3,(H,15,16). The quantitative estimate of drug-likeness (QED) is 0.559. The fraction of sp³-hybridized carbons (Fsp3) is 0.462. The second kappa shape index (κ2) is 8.90. The molecule has 0 radical (unpaired) electrons. The van der Waals surface area contributed by atoms with Gasteiger partial charge >= 0.3 is 5.97 Å². The van der Waals surface area contributed by atoms with Gasteiger partial charge in [-0.3, -0.25) is 0 Å². The Kier molecular flexibility index (Phi) is 7.47. The third kappa shape index (κ3) is 6.04. The third-order valence-corrected chi connectivity index (χ3v) is 3.26. The summed E-state index contributed by atoms with van der Waals surface area (Å²) < 4.78 is 23.4. The van der Waals surface area contributed by atoms with E-state index in [0.717, 1.165) is 11.3 Å². The second-order valence-corrected chi connectivity index (χ2v) is 4.92. The summed E-state index contributed by atoms with van der Waals surface area (Å²) in [4.78, 5) is 11.5. The number of carboxylic acids is 1. The van der Waals surface area contributed by atoms with E-state index in [1.807, 2.05) is 0 Å². The monoisotopic (exact) mass is 288 g/mol. The zero-order valence-electron chi connectivity index (χ0n) is 10.7. The number of hydrogen-bond donors (Lipinski definition) is 1. The van der Waals surface area contributed by atoms with Gasteiger partial charge in [0.25, 0.3) is 0 Å². The van der Waals surface area contributed by atoms with Crippen molar-refractivity contribution in [2.75, 3.05) is 32.7 Å². The topological polar surface area (TPSA) is 55.8 Å². The Morgan fingerprint density at radius 2 is 2.16 bits per heavy atom. The van der Waals surface area contributed by atoms with Gasteiger partial charge in [-0.15, -0.1) is 11.8 Å². The van der Waals surface area contributed by atoms with Gasteiger partial charge in [0.05, 0.1) is 12.2 Å². The molecule has 19 heavy (non-hydrogen) atoms. The van der Waals surface area contributed by atoms with Crippen LogP contribution in [-0.4, -0.2) is 43.8 Å². The SMILES string of the molecule is COCCCOCCSc1ccc(F)c(C(=O)O)c1. The lowest BCUT2D eigenvalue weighted by Crippen LogP contribution is -2.03. The fourth-order valence-electron chi connectivity index (χ4n) is 1.38. The zero-order chi connectivity index (χ0) is 14.1. The number of ether oxygens (including phenoxy) is 2. The van der Waals surface area contributed by atoms with Crippen molar-refractivity contribution in [1.82, 2.24) is 0 Å². The summed E-state index contributed by atoms with van der Waals surface area (Å²) in [6.45, 7) is 1.87. The summed E-state index contributed by atoms with van der Waals surface area (Å²) in [5.74, 6) is -1.28. The Bertz CT molecular complexity index is 412. The van der Waals surface area contributed by atoms with Crippen molar-refractivity contribution in [1.29, 1.82) is 0 Å². The highest BCUT2D eigenvalue weighted by Crippen LogP contribution is 2.21. The number of halogens is 1. The summed E-state index contributed by atoms with van der Waals surface area (Å²) in [5.41, 5.74) is -0.300. The molecule has 1 aromatic rings.